The summed E-state index contributed by atoms with van der Waals surface area (Å²) in [5, 5.41) is 1.92. The monoisotopic (exact) mass is 420 g/mol. The molecule has 0 radical (unpaired) electrons. The lowest BCUT2D eigenvalue weighted by atomic mass is 10.3. The van der Waals surface area contributed by atoms with Gasteiger partial charge >= 0.3 is 0 Å². The smallest absolute Gasteiger partial charge is 0.290 e. The van der Waals surface area contributed by atoms with Gasteiger partial charge in [0.2, 0.25) is 5.95 Å². The molecule has 1 N–H and O–H groups in total. The van der Waals surface area contributed by atoms with Crippen molar-refractivity contribution < 1.29 is 14.3 Å². The van der Waals surface area contributed by atoms with Gasteiger partial charge in [0.15, 0.2) is 0 Å². The number of ether oxygens (including phenoxy) is 1. The van der Waals surface area contributed by atoms with E-state index in [1.165, 1.54) is 0 Å². The van der Waals surface area contributed by atoms with Crippen LogP contribution in [0.3, 0.4) is 0 Å². The molecule has 0 spiro atoms. The Labute approximate surface area is 175 Å². The predicted octanol–water partition coefficient (Wildman–Crippen LogP) is 1.42. The van der Waals surface area contributed by atoms with Gasteiger partial charge in [0.25, 0.3) is 11.1 Å². The predicted molar refractivity (Wildman–Crippen MR) is 115 cm³/mol. The fourth-order valence-corrected chi connectivity index (χ4v) is 3.79. The van der Waals surface area contributed by atoms with Crippen LogP contribution in [-0.2, 0) is 9.53 Å². The van der Waals surface area contributed by atoms with Crippen LogP contribution in [0.4, 0.5) is 16.6 Å². The maximum Gasteiger partial charge on any atom is 0.290 e. The van der Waals surface area contributed by atoms with E-state index >= 15 is 0 Å². The number of nitrogens with zero attached hydrogens (tertiary/aromatic N) is 5. The highest BCUT2D eigenvalue weighted by molar-refractivity contribution is 8.18. The SMILES string of the molecule is CCN(CC)CCN(C)c1nc(C=C2SC(=O)NC2=O)cc(N2CCOCC2)n1. The maximum atomic E-state index is 11.9. The number of nitrogens with one attached hydrogen (secondary N) is 1. The van der Waals surface area contributed by atoms with E-state index in [1.807, 2.05) is 18.0 Å². The van der Waals surface area contributed by atoms with E-state index in [0.29, 0.717) is 29.8 Å². The number of thioether (sulfide) groups is 1. The zero-order valence-corrected chi connectivity index (χ0v) is 18.0. The van der Waals surface area contributed by atoms with Crippen molar-refractivity contribution >= 4 is 40.8 Å². The quantitative estimate of drug-likeness (QED) is 0.627. The van der Waals surface area contributed by atoms with Crippen molar-refractivity contribution in [1.82, 2.24) is 20.2 Å². The summed E-state index contributed by atoms with van der Waals surface area (Å²) in [5.41, 5.74) is 0.610. The second kappa shape index (κ2) is 10.0. The molecule has 0 atom stereocenters. The van der Waals surface area contributed by atoms with Crippen molar-refractivity contribution in [2.45, 2.75) is 13.8 Å². The van der Waals surface area contributed by atoms with Gasteiger partial charge in [0, 0.05) is 39.3 Å². The molecule has 29 heavy (non-hydrogen) atoms. The highest BCUT2D eigenvalue weighted by Gasteiger charge is 2.26. The molecule has 2 fully saturated rings. The minimum atomic E-state index is -0.386. The number of carbonyl (C=O) groups excluding carboxylic acids is 2. The Bertz CT molecular complexity index is 777. The van der Waals surface area contributed by atoms with Crippen LogP contribution < -0.4 is 15.1 Å². The summed E-state index contributed by atoms with van der Waals surface area (Å²) in [7, 11) is 1.97. The summed E-state index contributed by atoms with van der Waals surface area (Å²) in [4.78, 5) is 39.7. The molecule has 158 valence electrons. The first-order valence-electron chi connectivity index (χ1n) is 9.90. The molecule has 0 bridgehead atoms. The molecular formula is C19H28N6O3S. The van der Waals surface area contributed by atoms with Crippen LogP contribution in [-0.4, -0.2) is 85.5 Å². The van der Waals surface area contributed by atoms with Crippen molar-refractivity contribution in [3.8, 4) is 0 Å². The van der Waals surface area contributed by atoms with Gasteiger partial charge in [-0.25, -0.2) is 4.98 Å². The lowest BCUT2D eigenvalue weighted by molar-refractivity contribution is -0.115. The lowest BCUT2D eigenvalue weighted by Gasteiger charge is -2.29. The molecule has 3 heterocycles. The third kappa shape index (κ3) is 5.68. The van der Waals surface area contributed by atoms with Gasteiger partial charge in [0.1, 0.15) is 5.82 Å². The van der Waals surface area contributed by atoms with E-state index in [0.717, 1.165) is 56.8 Å². The standard InChI is InChI=1S/C19H28N6O3S/c1-4-24(5-2)7-6-23(3)18-20-14(12-15-17(26)22-19(27)29-15)13-16(21-18)25-8-10-28-11-9-25/h12-13H,4-11H2,1-3H3,(H,22,26,27). The van der Waals surface area contributed by atoms with E-state index in [4.69, 9.17) is 9.72 Å². The van der Waals surface area contributed by atoms with Gasteiger partial charge in [-0.1, -0.05) is 13.8 Å². The largest absolute Gasteiger partial charge is 0.378 e. The van der Waals surface area contributed by atoms with Gasteiger partial charge in [-0.05, 0) is 30.9 Å². The molecule has 1 aromatic rings. The van der Waals surface area contributed by atoms with Gasteiger partial charge in [-0.2, -0.15) is 4.98 Å². The zero-order valence-electron chi connectivity index (χ0n) is 17.2. The average Bonchev–Trinajstić information content (AvgIpc) is 3.05. The molecule has 0 saturated carbocycles. The molecule has 0 unspecified atom stereocenters. The van der Waals surface area contributed by atoms with Crippen LogP contribution in [0.1, 0.15) is 19.5 Å². The first kappa shape index (κ1) is 21.5. The minimum Gasteiger partial charge on any atom is -0.378 e. The van der Waals surface area contributed by atoms with Gasteiger partial charge in [-0.15, -0.1) is 0 Å². The topological polar surface area (TPSA) is 90.9 Å². The third-order valence-electron chi connectivity index (χ3n) is 4.96. The highest BCUT2D eigenvalue weighted by Crippen LogP contribution is 2.27. The van der Waals surface area contributed by atoms with Crippen LogP contribution in [0.15, 0.2) is 11.0 Å². The molecular weight excluding hydrogens is 392 g/mol. The van der Waals surface area contributed by atoms with E-state index in [-0.39, 0.29) is 11.1 Å². The number of hydrogen-bond acceptors (Lipinski definition) is 9. The van der Waals surface area contributed by atoms with Crippen molar-refractivity contribution in [2.24, 2.45) is 0 Å². The molecule has 1 aromatic heterocycles. The van der Waals surface area contributed by atoms with Gasteiger partial charge in [-0.3, -0.25) is 14.9 Å². The Morgan fingerprint density at radius 3 is 2.55 bits per heavy atom. The Balaban J connectivity index is 1.87. The normalized spacial score (nSPS) is 18.6. The maximum absolute atomic E-state index is 11.9. The van der Waals surface area contributed by atoms with Crippen molar-refractivity contribution in [3.63, 3.8) is 0 Å². The Morgan fingerprint density at radius 1 is 1.21 bits per heavy atom. The third-order valence-corrected chi connectivity index (χ3v) is 5.77. The molecule has 9 nitrogen and oxygen atoms in total. The summed E-state index contributed by atoms with van der Waals surface area (Å²) in [5.74, 6) is 1.01. The summed E-state index contributed by atoms with van der Waals surface area (Å²) in [6.45, 7) is 10.8. The molecule has 10 heteroatoms. The number of morpholine rings is 1. The van der Waals surface area contributed by atoms with E-state index < -0.39 is 0 Å². The van der Waals surface area contributed by atoms with Gasteiger partial charge in [0.05, 0.1) is 23.8 Å². The summed E-state index contributed by atoms with van der Waals surface area (Å²) < 4.78 is 5.45. The van der Waals surface area contributed by atoms with Crippen LogP contribution in [0.25, 0.3) is 6.08 Å². The molecule has 2 aliphatic rings. The fraction of sp³-hybridized carbons (Fsp3) is 0.579. The lowest BCUT2D eigenvalue weighted by Crippen LogP contribution is -2.37. The van der Waals surface area contributed by atoms with Crippen LogP contribution >= 0.6 is 11.8 Å². The van der Waals surface area contributed by atoms with Crippen LogP contribution in [0.2, 0.25) is 0 Å². The summed E-state index contributed by atoms with van der Waals surface area (Å²) in [6, 6.07) is 1.86. The second-order valence-electron chi connectivity index (χ2n) is 6.85. The van der Waals surface area contributed by atoms with Crippen molar-refractivity contribution in [3.05, 3.63) is 16.7 Å². The molecule has 2 amide bonds. The number of anilines is 2. The number of imide groups is 1. The molecule has 2 aliphatic heterocycles. The van der Waals surface area contributed by atoms with Gasteiger partial charge < -0.3 is 19.4 Å². The first-order valence-corrected chi connectivity index (χ1v) is 10.7. The summed E-state index contributed by atoms with van der Waals surface area (Å²) in [6.07, 6.45) is 1.65. The highest BCUT2D eigenvalue weighted by atomic mass is 32.2. The molecule has 0 aliphatic carbocycles. The Kier molecular flexibility index (Phi) is 7.45. The minimum absolute atomic E-state index is 0.346. The zero-order chi connectivity index (χ0) is 20.8. The number of aromatic nitrogens is 2. The Hall–Kier alpha value is -2.17. The summed E-state index contributed by atoms with van der Waals surface area (Å²) >= 11 is 0.892. The number of likely N-dealkylation sites (N-methyl/N-ethyl adjacent to an activating group) is 2. The van der Waals surface area contributed by atoms with E-state index in [1.54, 1.807) is 6.08 Å². The number of amides is 2. The van der Waals surface area contributed by atoms with E-state index in [2.05, 4.69) is 33.9 Å². The molecule has 2 saturated heterocycles. The average molecular weight is 421 g/mol. The van der Waals surface area contributed by atoms with Crippen LogP contribution in [0, 0.1) is 0 Å². The van der Waals surface area contributed by atoms with Crippen LogP contribution in [0.5, 0.6) is 0 Å². The fourth-order valence-electron chi connectivity index (χ4n) is 3.13. The Morgan fingerprint density at radius 2 is 1.93 bits per heavy atom. The number of carbonyl (C=O) groups is 2. The molecule has 0 aromatic carbocycles. The van der Waals surface area contributed by atoms with Crippen molar-refractivity contribution in [2.75, 3.05) is 69.3 Å². The number of rotatable bonds is 8. The molecule has 3 rings (SSSR count). The first-order chi connectivity index (χ1) is 14.0. The van der Waals surface area contributed by atoms with E-state index in [9.17, 15) is 9.59 Å². The number of hydrogen-bond donors (Lipinski definition) is 1. The second-order valence-corrected chi connectivity index (χ2v) is 7.87. The van der Waals surface area contributed by atoms with Crippen molar-refractivity contribution in [1.29, 1.82) is 0 Å².